The van der Waals surface area contributed by atoms with Gasteiger partial charge in [-0.2, -0.15) is 0 Å². The summed E-state index contributed by atoms with van der Waals surface area (Å²) in [4.78, 5) is 0. The van der Waals surface area contributed by atoms with Crippen LogP contribution in [0.4, 0.5) is 0 Å². The molecule has 0 radical (unpaired) electrons. The second-order valence-electron chi connectivity index (χ2n) is 5.61. The van der Waals surface area contributed by atoms with Crippen LogP contribution < -0.4 is 0 Å². The summed E-state index contributed by atoms with van der Waals surface area (Å²) in [5, 5.41) is 9.27. The lowest BCUT2D eigenvalue weighted by atomic mass is 9.73. The Bertz CT molecular complexity index is 393. The van der Waals surface area contributed by atoms with Gasteiger partial charge in [-0.25, -0.2) is 0 Å². The van der Waals surface area contributed by atoms with Gasteiger partial charge in [-0.05, 0) is 35.8 Å². The Hall–Kier alpha value is -0.790. The van der Waals surface area contributed by atoms with E-state index in [2.05, 4.69) is 45.0 Å². The van der Waals surface area contributed by atoms with Gasteiger partial charge in [-0.1, -0.05) is 68.8 Å². The fourth-order valence-corrected chi connectivity index (χ4v) is 1.98. The zero-order valence-corrected chi connectivity index (χ0v) is 12.4. The third-order valence-electron chi connectivity index (χ3n) is 3.80. The molecule has 0 heterocycles. The van der Waals surface area contributed by atoms with Gasteiger partial charge in [0, 0.05) is 0 Å². The van der Waals surface area contributed by atoms with E-state index in [1.807, 2.05) is 19.1 Å². The first-order valence-corrected chi connectivity index (χ1v) is 6.82. The molecule has 0 bridgehead atoms. The number of hydrogen-bond acceptors (Lipinski definition) is 1. The molecule has 1 aromatic carbocycles. The smallest absolute Gasteiger partial charge is 0.149 e. The molecule has 0 aliphatic rings. The highest BCUT2D eigenvalue weighted by molar-refractivity contribution is 6.21. The highest BCUT2D eigenvalue weighted by Gasteiger charge is 2.26. The van der Waals surface area contributed by atoms with E-state index < -0.39 is 5.56 Å². The number of hydrogen-bond donors (Lipinski definition) is 1. The molecule has 0 unspecified atom stereocenters. The predicted octanol–water partition coefficient (Wildman–Crippen LogP) is 4.71. The van der Waals surface area contributed by atoms with E-state index in [-0.39, 0.29) is 5.41 Å². The highest BCUT2D eigenvalue weighted by Crippen LogP contribution is 2.38. The van der Waals surface area contributed by atoms with Crippen LogP contribution in [-0.4, -0.2) is 10.7 Å². The van der Waals surface area contributed by atoms with Crippen molar-refractivity contribution in [1.82, 2.24) is 0 Å². The molecule has 2 heteroatoms. The molecular weight excluding hydrogens is 244 g/mol. The molecule has 0 aromatic heterocycles. The minimum Gasteiger partial charge on any atom is -0.374 e. The Morgan fingerprint density at radius 3 is 2.39 bits per heavy atom. The van der Waals surface area contributed by atoms with E-state index in [9.17, 15) is 5.11 Å². The topological polar surface area (TPSA) is 20.2 Å². The van der Waals surface area contributed by atoms with Gasteiger partial charge in [0.05, 0.1) is 0 Å². The molecule has 0 amide bonds. The molecule has 0 fully saturated rings. The van der Waals surface area contributed by atoms with E-state index in [0.717, 1.165) is 12.0 Å². The van der Waals surface area contributed by atoms with Crippen LogP contribution in [-0.2, 0) is 0 Å². The third kappa shape index (κ3) is 4.15. The van der Waals surface area contributed by atoms with Crippen molar-refractivity contribution < 1.29 is 5.11 Å². The minimum atomic E-state index is -0.868. The van der Waals surface area contributed by atoms with Crippen LogP contribution in [0.3, 0.4) is 0 Å². The van der Waals surface area contributed by atoms with E-state index in [1.165, 1.54) is 5.56 Å². The Balaban J connectivity index is 2.78. The Kier molecular flexibility index (Phi) is 5.43. The number of halogens is 1. The number of aliphatic hydroxyl groups is 1. The lowest BCUT2D eigenvalue weighted by molar-refractivity contribution is 0.283. The van der Waals surface area contributed by atoms with E-state index >= 15 is 0 Å². The lowest BCUT2D eigenvalue weighted by Crippen LogP contribution is -2.19. The van der Waals surface area contributed by atoms with Gasteiger partial charge in [0.25, 0.3) is 0 Å². The third-order valence-corrected chi connectivity index (χ3v) is 4.14. The molecule has 18 heavy (non-hydrogen) atoms. The highest BCUT2D eigenvalue weighted by atomic mass is 35.5. The van der Waals surface area contributed by atoms with Crippen LogP contribution in [0.5, 0.6) is 0 Å². The summed E-state index contributed by atoms with van der Waals surface area (Å²) in [5.41, 5.74) is 1.44. The van der Waals surface area contributed by atoms with Gasteiger partial charge in [-0.15, -0.1) is 0 Å². The standard InChI is InChI=1S/C16H23ClO/c1-12(15(17)18)10-11-16(3,4)13(2)14-8-6-5-7-9-14/h5-10,13,15,18H,11H2,1-4H3/b12-10+/t13-,15+/m0/s1. The Morgan fingerprint density at radius 1 is 1.33 bits per heavy atom. The number of rotatable bonds is 5. The molecule has 0 saturated heterocycles. The van der Waals surface area contributed by atoms with Crippen molar-refractivity contribution in [2.75, 3.05) is 0 Å². The maximum atomic E-state index is 9.27. The first kappa shape index (κ1) is 15.3. The first-order chi connectivity index (χ1) is 8.34. The van der Waals surface area contributed by atoms with Crippen LogP contribution in [0, 0.1) is 5.41 Å². The van der Waals surface area contributed by atoms with Crippen LogP contribution in [0.15, 0.2) is 42.0 Å². The first-order valence-electron chi connectivity index (χ1n) is 6.38. The second-order valence-corrected chi connectivity index (χ2v) is 6.02. The van der Waals surface area contributed by atoms with Gasteiger partial charge in [0.2, 0.25) is 0 Å². The summed E-state index contributed by atoms with van der Waals surface area (Å²) in [7, 11) is 0. The van der Waals surface area contributed by atoms with Gasteiger partial charge in [-0.3, -0.25) is 0 Å². The van der Waals surface area contributed by atoms with Crippen molar-refractivity contribution in [2.24, 2.45) is 5.41 Å². The van der Waals surface area contributed by atoms with Crippen LogP contribution in [0.2, 0.25) is 0 Å². The average Bonchev–Trinajstić information content (AvgIpc) is 2.36. The molecule has 2 atom stereocenters. The van der Waals surface area contributed by atoms with Gasteiger partial charge in [0.1, 0.15) is 5.56 Å². The van der Waals surface area contributed by atoms with Crippen LogP contribution >= 0.6 is 11.6 Å². The maximum Gasteiger partial charge on any atom is 0.149 e. The molecule has 100 valence electrons. The lowest BCUT2D eigenvalue weighted by Gasteiger charge is -2.31. The number of benzene rings is 1. The van der Waals surface area contributed by atoms with E-state index in [0.29, 0.717) is 5.92 Å². The van der Waals surface area contributed by atoms with Crippen molar-refractivity contribution in [3.8, 4) is 0 Å². The predicted molar refractivity (Wildman–Crippen MR) is 78.9 cm³/mol. The van der Waals surface area contributed by atoms with Gasteiger partial charge >= 0.3 is 0 Å². The zero-order valence-electron chi connectivity index (χ0n) is 11.7. The van der Waals surface area contributed by atoms with Crippen molar-refractivity contribution >= 4 is 11.6 Å². The molecule has 0 aliphatic heterocycles. The summed E-state index contributed by atoms with van der Waals surface area (Å²) < 4.78 is 0. The van der Waals surface area contributed by atoms with Gasteiger partial charge < -0.3 is 5.11 Å². The van der Waals surface area contributed by atoms with Gasteiger partial charge in [0.15, 0.2) is 0 Å². The van der Waals surface area contributed by atoms with Crippen molar-refractivity contribution in [2.45, 2.75) is 45.6 Å². The normalized spacial score (nSPS) is 16.4. The quantitative estimate of drug-likeness (QED) is 0.604. The summed E-state index contributed by atoms with van der Waals surface area (Å²) in [5.74, 6) is 0.454. The van der Waals surface area contributed by atoms with E-state index in [1.54, 1.807) is 0 Å². The largest absolute Gasteiger partial charge is 0.374 e. The fraction of sp³-hybridized carbons (Fsp3) is 0.500. The molecule has 1 aromatic rings. The van der Waals surface area contributed by atoms with Crippen molar-refractivity contribution in [3.63, 3.8) is 0 Å². The number of aliphatic hydroxyl groups excluding tert-OH is 1. The molecular formula is C16H23ClO. The Labute approximate surface area is 115 Å². The SMILES string of the molecule is C/C(=C\CC(C)(C)[C@@H](C)c1ccccc1)[C@@H](O)Cl. The van der Waals surface area contributed by atoms with E-state index in [4.69, 9.17) is 11.6 Å². The minimum absolute atomic E-state index is 0.133. The molecule has 1 N–H and O–H groups in total. The maximum absolute atomic E-state index is 9.27. The summed E-state index contributed by atoms with van der Waals surface area (Å²) >= 11 is 5.64. The summed E-state index contributed by atoms with van der Waals surface area (Å²) in [6, 6.07) is 10.5. The fourth-order valence-electron chi connectivity index (χ4n) is 1.89. The Morgan fingerprint density at radius 2 is 1.89 bits per heavy atom. The monoisotopic (exact) mass is 266 g/mol. The average molecular weight is 267 g/mol. The summed E-state index contributed by atoms with van der Waals surface area (Å²) in [6.07, 6.45) is 2.94. The molecule has 0 aliphatic carbocycles. The van der Waals surface area contributed by atoms with Crippen molar-refractivity contribution in [3.05, 3.63) is 47.5 Å². The molecule has 0 spiro atoms. The molecule has 1 rings (SSSR count). The second kappa shape index (κ2) is 6.40. The molecule has 0 saturated carbocycles. The summed E-state index contributed by atoms with van der Waals surface area (Å²) in [6.45, 7) is 8.60. The molecule has 1 nitrogen and oxygen atoms in total. The van der Waals surface area contributed by atoms with Crippen LogP contribution in [0.1, 0.15) is 45.6 Å². The van der Waals surface area contributed by atoms with Crippen LogP contribution in [0.25, 0.3) is 0 Å². The number of alkyl halides is 1. The number of allylic oxidation sites excluding steroid dienone is 1. The zero-order chi connectivity index (χ0) is 13.8. The van der Waals surface area contributed by atoms with Crippen molar-refractivity contribution in [1.29, 1.82) is 0 Å².